The van der Waals surface area contributed by atoms with Crippen molar-refractivity contribution >= 4 is 5.91 Å². The predicted octanol–water partition coefficient (Wildman–Crippen LogP) is 2.03. The summed E-state index contributed by atoms with van der Waals surface area (Å²) < 4.78 is 38.4. The average molecular weight is 290 g/mol. The Hall–Kier alpha value is -0.780. The average Bonchev–Trinajstić information content (AvgIpc) is 2.97. The standard InChI is InChI=1S/C14H21F3N2O/c15-14(16,17)12-3-1-2-9(4-12)13(20)19-7-10-5-18-6-11(10)8-19/h9-12,18H,1-8H2. The van der Waals surface area contributed by atoms with Crippen LogP contribution in [0.5, 0.6) is 0 Å². The molecule has 2 aliphatic heterocycles. The fourth-order valence-corrected chi connectivity index (χ4v) is 4.00. The minimum atomic E-state index is -4.15. The number of hydrogen-bond donors (Lipinski definition) is 1. The number of carbonyl (C=O) groups is 1. The number of hydrogen-bond acceptors (Lipinski definition) is 2. The second-order valence-corrected chi connectivity index (χ2v) is 6.52. The highest BCUT2D eigenvalue weighted by atomic mass is 19.4. The molecule has 3 nitrogen and oxygen atoms in total. The van der Waals surface area contributed by atoms with Gasteiger partial charge in [0.15, 0.2) is 0 Å². The van der Waals surface area contributed by atoms with Crippen LogP contribution >= 0.6 is 0 Å². The van der Waals surface area contributed by atoms with E-state index < -0.39 is 18.0 Å². The molecular weight excluding hydrogens is 269 g/mol. The van der Waals surface area contributed by atoms with Gasteiger partial charge in [-0.1, -0.05) is 6.42 Å². The zero-order chi connectivity index (χ0) is 14.3. The molecule has 0 spiro atoms. The maximum Gasteiger partial charge on any atom is 0.391 e. The summed E-state index contributed by atoms with van der Waals surface area (Å²) in [6, 6.07) is 0. The number of alkyl halides is 3. The zero-order valence-corrected chi connectivity index (χ0v) is 11.5. The summed E-state index contributed by atoms with van der Waals surface area (Å²) in [7, 11) is 0. The third-order valence-corrected chi connectivity index (χ3v) is 5.19. The Balaban J connectivity index is 1.60. The van der Waals surface area contributed by atoms with Crippen LogP contribution in [0.3, 0.4) is 0 Å². The molecule has 3 fully saturated rings. The lowest BCUT2D eigenvalue weighted by Gasteiger charge is -2.32. The van der Waals surface area contributed by atoms with Crippen LogP contribution in [0.4, 0.5) is 13.2 Å². The second-order valence-electron chi connectivity index (χ2n) is 6.52. The number of amides is 1. The van der Waals surface area contributed by atoms with Crippen molar-refractivity contribution in [3.8, 4) is 0 Å². The minimum Gasteiger partial charge on any atom is -0.342 e. The van der Waals surface area contributed by atoms with Crippen molar-refractivity contribution in [2.24, 2.45) is 23.7 Å². The van der Waals surface area contributed by atoms with E-state index in [0.29, 0.717) is 24.7 Å². The van der Waals surface area contributed by atoms with Gasteiger partial charge in [0, 0.05) is 32.1 Å². The van der Waals surface area contributed by atoms with Crippen molar-refractivity contribution in [3.05, 3.63) is 0 Å². The first-order chi connectivity index (χ1) is 9.45. The number of nitrogens with one attached hydrogen (secondary N) is 1. The first-order valence-electron chi connectivity index (χ1n) is 7.51. The molecule has 2 saturated heterocycles. The SMILES string of the molecule is O=C(C1CCCC(C(F)(F)F)C1)N1CC2CNCC2C1. The summed E-state index contributed by atoms with van der Waals surface area (Å²) in [6.07, 6.45) is -2.84. The van der Waals surface area contributed by atoms with Gasteiger partial charge >= 0.3 is 6.18 Å². The molecule has 1 N–H and O–H groups in total. The second kappa shape index (κ2) is 5.20. The van der Waals surface area contributed by atoms with Gasteiger partial charge in [-0.2, -0.15) is 13.2 Å². The van der Waals surface area contributed by atoms with Crippen molar-refractivity contribution in [2.75, 3.05) is 26.2 Å². The van der Waals surface area contributed by atoms with Crippen LogP contribution in [0.25, 0.3) is 0 Å². The smallest absolute Gasteiger partial charge is 0.342 e. The molecule has 0 aromatic heterocycles. The van der Waals surface area contributed by atoms with E-state index in [0.717, 1.165) is 26.2 Å². The van der Waals surface area contributed by atoms with Crippen LogP contribution in [-0.2, 0) is 4.79 Å². The Morgan fingerprint density at radius 1 is 1.10 bits per heavy atom. The molecule has 3 aliphatic rings. The molecule has 2 heterocycles. The van der Waals surface area contributed by atoms with E-state index in [9.17, 15) is 18.0 Å². The van der Waals surface area contributed by atoms with Gasteiger partial charge in [-0.25, -0.2) is 0 Å². The number of rotatable bonds is 1. The van der Waals surface area contributed by atoms with Crippen LogP contribution in [0.1, 0.15) is 25.7 Å². The highest BCUT2D eigenvalue weighted by molar-refractivity contribution is 5.79. The molecule has 1 aliphatic carbocycles. The molecule has 1 saturated carbocycles. The van der Waals surface area contributed by atoms with Crippen LogP contribution in [0.15, 0.2) is 0 Å². The minimum absolute atomic E-state index is 0.00752. The summed E-state index contributed by atoms with van der Waals surface area (Å²) in [6.45, 7) is 3.32. The van der Waals surface area contributed by atoms with E-state index in [1.54, 1.807) is 0 Å². The number of carbonyl (C=O) groups excluding carboxylic acids is 1. The van der Waals surface area contributed by atoms with Gasteiger partial charge in [0.2, 0.25) is 5.91 Å². The van der Waals surface area contributed by atoms with Crippen molar-refractivity contribution in [1.29, 1.82) is 0 Å². The monoisotopic (exact) mass is 290 g/mol. The normalized spacial score (nSPS) is 38.0. The van der Waals surface area contributed by atoms with Gasteiger partial charge in [-0.05, 0) is 31.1 Å². The van der Waals surface area contributed by atoms with Gasteiger partial charge in [-0.15, -0.1) is 0 Å². The number of nitrogens with zero attached hydrogens (tertiary/aromatic N) is 1. The Labute approximate surface area is 116 Å². The largest absolute Gasteiger partial charge is 0.391 e. The number of fused-ring (bicyclic) bond motifs is 1. The number of likely N-dealkylation sites (tertiary alicyclic amines) is 1. The third kappa shape index (κ3) is 2.67. The molecule has 0 bridgehead atoms. The van der Waals surface area contributed by atoms with Crippen LogP contribution in [0.2, 0.25) is 0 Å². The van der Waals surface area contributed by atoms with E-state index >= 15 is 0 Å². The van der Waals surface area contributed by atoms with Crippen LogP contribution < -0.4 is 5.32 Å². The van der Waals surface area contributed by atoms with E-state index in [4.69, 9.17) is 0 Å². The Kier molecular flexibility index (Phi) is 3.69. The summed E-state index contributed by atoms with van der Waals surface area (Å²) in [5.74, 6) is -0.730. The number of halogens is 3. The summed E-state index contributed by atoms with van der Waals surface area (Å²) in [4.78, 5) is 14.3. The van der Waals surface area contributed by atoms with Crippen molar-refractivity contribution in [3.63, 3.8) is 0 Å². The lowest BCUT2D eigenvalue weighted by molar-refractivity contribution is -0.187. The Bertz CT molecular complexity index is 373. The molecule has 0 radical (unpaired) electrons. The maximum atomic E-state index is 12.8. The maximum absolute atomic E-state index is 12.8. The summed E-state index contributed by atoms with van der Waals surface area (Å²) in [5.41, 5.74) is 0. The molecule has 20 heavy (non-hydrogen) atoms. The molecule has 0 aromatic carbocycles. The highest BCUT2D eigenvalue weighted by Crippen LogP contribution is 2.41. The van der Waals surface area contributed by atoms with E-state index in [1.165, 1.54) is 0 Å². The van der Waals surface area contributed by atoms with Crippen molar-refractivity contribution < 1.29 is 18.0 Å². The fourth-order valence-electron chi connectivity index (χ4n) is 4.00. The van der Waals surface area contributed by atoms with E-state index in [2.05, 4.69) is 5.32 Å². The summed E-state index contributed by atoms with van der Waals surface area (Å²) in [5, 5.41) is 3.30. The van der Waals surface area contributed by atoms with Crippen molar-refractivity contribution in [1.82, 2.24) is 10.2 Å². The first-order valence-corrected chi connectivity index (χ1v) is 7.51. The van der Waals surface area contributed by atoms with Crippen molar-refractivity contribution in [2.45, 2.75) is 31.9 Å². The zero-order valence-electron chi connectivity index (χ0n) is 11.5. The molecule has 0 aromatic rings. The molecule has 6 heteroatoms. The lowest BCUT2D eigenvalue weighted by Crippen LogP contribution is -2.40. The molecule has 114 valence electrons. The lowest BCUT2D eigenvalue weighted by atomic mass is 9.80. The molecule has 1 amide bonds. The molecule has 4 atom stereocenters. The highest BCUT2D eigenvalue weighted by Gasteiger charge is 2.46. The van der Waals surface area contributed by atoms with Gasteiger partial charge in [0.05, 0.1) is 5.92 Å². The van der Waals surface area contributed by atoms with Gasteiger partial charge < -0.3 is 10.2 Å². The van der Waals surface area contributed by atoms with E-state index in [-0.39, 0.29) is 18.7 Å². The molecule has 4 unspecified atom stereocenters. The molecular formula is C14H21F3N2O. The quantitative estimate of drug-likeness (QED) is 0.801. The summed E-state index contributed by atoms with van der Waals surface area (Å²) >= 11 is 0. The Morgan fingerprint density at radius 2 is 1.75 bits per heavy atom. The van der Waals surface area contributed by atoms with E-state index in [1.807, 2.05) is 4.90 Å². The van der Waals surface area contributed by atoms with Gasteiger partial charge in [0.25, 0.3) is 0 Å². The fraction of sp³-hybridized carbons (Fsp3) is 0.929. The van der Waals surface area contributed by atoms with Crippen LogP contribution in [0, 0.1) is 23.7 Å². The van der Waals surface area contributed by atoms with Gasteiger partial charge in [-0.3, -0.25) is 4.79 Å². The van der Waals surface area contributed by atoms with Gasteiger partial charge in [0.1, 0.15) is 0 Å². The Morgan fingerprint density at radius 3 is 2.35 bits per heavy atom. The first kappa shape index (κ1) is 14.2. The topological polar surface area (TPSA) is 32.3 Å². The predicted molar refractivity (Wildman–Crippen MR) is 67.9 cm³/mol. The van der Waals surface area contributed by atoms with Crippen LogP contribution in [-0.4, -0.2) is 43.2 Å². The third-order valence-electron chi connectivity index (χ3n) is 5.19. The molecule has 3 rings (SSSR count).